The van der Waals surface area contributed by atoms with E-state index in [-0.39, 0.29) is 16.6 Å². The predicted molar refractivity (Wildman–Crippen MR) is 116 cm³/mol. The number of nitro groups is 1. The molecule has 146 valence electrons. The summed E-state index contributed by atoms with van der Waals surface area (Å²) in [5, 5.41) is 11.9. The number of nitrogens with zero attached hydrogens (tertiary/aromatic N) is 2. The van der Waals surface area contributed by atoms with Crippen LogP contribution in [-0.2, 0) is 12.8 Å². The minimum absolute atomic E-state index is 0.0572. The standard InChI is InChI=1S/C18H16ClN3O3S3/c19-10(8-26-12-6-4-11(5-7-12)22(24)25)9-27-18-20-16(23)15-13-2-1-3-14(13)28-17(15)21-18/h4-7,10H,1-3,8-9H2,(H,20,21,23)/t10-/m0/s1. The Morgan fingerprint density at radius 3 is 2.75 bits per heavy atom. The van der Waals surface area contributed by atoms with Crippen LogP contribution in [0.15, 0.2) is 39.1 Å². The van der Waals surface area contributed by atoms with Gasteiger partial charge in [-0.2, -0.15) is 0 Å². The SMILES string of the molecule is O=c1[nH]c(SC[C@@H](Cl)CSc2ccc([N+](=O)[O-])cc2)nc2sc3c(c12)CCC3. The van der Waals surface area contributed by atoms with Crippen LogP contribution in [0.3, 0.4) is 0 Å². The average molecular weight is 454 g/mol. The van der Waals surface area contributed by atoms with Crippen molar-refractivity contribution >= 4 is 62.4 Å². The van der Waals surface area contributed by atoms with Gasteiger partial charge < -0.3 is 4.98 Å². The molecule has 0 saturated heterocycles. The number of hydrogen-bond acceptors (Lipinski definition) is 7. The molecule has 0 aliphatic heterocycles. The Bertz CT molecular complexity index is 1080. The fourth-order valence-electron chi connectivity index (χ4n) is 3.12. The number of alkyl halides is 1. The first-order chi connectivity index (χ1) is 13.5. The molecule has 0 saturated carbocycles. The van der Waals surface area contributed by atoms with Crippen molar-refractivity contribution in [3.05, 3.63) is 55.2 Å². The van der Waals surface area contributed by atoms with E-state index in [0.29, 0.717) is 16.7 Å². The lowest BCUT2D eigenvalue weighted by Gasteiger charge is -2.08. The summed E-state index contributed by atoms with van der Waals surface area (Å²) in [4.78, 5) is 33.3. The van der Waals surface area contributed by atoms with Gasteiger partial charge >= 0.3 is 0 Å². The number of hydrogen-bond donors (Lipinski definition) is 1. The zero-order valence-electron chi connectivity index (χ0n) is 14.6. The molecular weight excluding hydrogens is 438 g/mol. The normalized spacial score (nSPS) is 14.3. The largest absolute Gasteiger partial charge is 0.301 e. The third-order valence-electron chi connectivity index (χ3n) is 4.43. The van der Waals surface area contributed by atoms with Crippen LogP contribution in [0, 0.1) is 10.1 Å². The van der Waals surface area contributed by atoms with E-state index in [0.717, 1.165) is 34.4 Å². The van der Waals surface area contributed by atoms with Gasteiger partial charge in [-0.1, -0.05) is 11.8 Å². The van der Waals surface area contributed by atoms with Crippen molar-refractivity contribution in [3.8, 4) is 0 Å². The smallest absolute Gasteiger partial charge is 0.269 e. The van der Waals surface area contributed by atoms with Crippen molar-refractivity contribution in [1.82, 2.24) is 9.97 Å². The molecule has 1 aromatic carbocycles. The quantitative estimate of drug-likeness (QED) is 0.180. The Morgan fingerprint density at radius 1 is 1.25 bits per heavy atom. The van der Waals surface area contributed by atoms with E-state index in [1.165, 1.54) is 34.3 Å². The van der Waals surface area contributed by atoms with Gasteiger partial charge in [-0.3, -0.25) is 14.9 Å². The summed E-state index contributed by atoms with van der Waals surface area (Å²) < 4.78 is 0. The molecule has 2 aromatic heterocycles. The molecule has 1 N–H and O–H groups in total. The molecule has 2 heterocycles. The number of rotatable bonds is 7. The summed E-state index contributed by atoms with van der Waals surface area (Å²) in [6, 6.07) is 6.43. The van der Waals surface area contributed by atoms with Crippen LogP contribution < -0.4 is 5.56 Å². The first kappa shape index (κ1) is 19.8. The molecule has 28 heavy (non-hydrogen) atoms. The van der Waals surface area contributed by atoms with Gasteiger partial charge in [0.25, 0.3) is 11.2 Å². The van der Waals surface area contributed by atoms with Crippen LogP contribution in [0.5, 0.6) is 0 Å². The van der Waals surface area contributed by atoms with Crippen molar-refractivity contribution < 1.29 is 4.92 Å². The molecule has 0 bridgehead atoms. The van der Waals surface area contributed by atoms with Crippen molar-refractivity contribution in [2.75, 3.05) is 11.5 Å². The third kappa shape index (κ3) is 4.22. The number of halogens is 1. The van der Waals surface area contributed by atoms with Gasteiger partial charge in [0.2, 0.25) is 0 Å². The number of thiophene rings is 1. The molecule has 0 radical (unpaired) electrons. The topological polar surface area (TPSA) is 88.9 Å². The molecule has 0 unspecified atom stereocenters. The van der Waals surface area contributed by atoms with Gasteiger partial charge in [-0.25, -0.2) is 4.98 Å². The van der Waals surface area contributed by atoms with Crippen LogP contribution in [0.4, 0.5) is 5.69 Å². The first-order valence-corrected chi connectivity index (χ1v) is 11.9. The lowest BCUT2D eigenvalue weighted by atomic mass is 10.2. The summed E-state index contributed by atoms with van der Waals surface area (Å²) in [5.41, 5.74) is 1.20. The Hall–Kier alpha value is -1.55. The van der Waals surface area contributed by atoms with Gasteiger partial charge in [0.1, 0.15) is 4.83 Å². The number of aromatic nitrogens is 2. The molecule has 4 rings (SSSR count). The van der Waals surface area contributed by atoms with Crippen molar-refractivity contribution in [2.24, 2.45) is 0 Å². The lowest BCUT2D eigenvalue weighted by Crippen LogP contribution is -2.11. The lowest BCUT2D eigenvalue weighted by molar-refractivity contribution is -0.384. The van der Waals surface area contributed by atoms with E-state index < -0.39 is 4.92 Å². The number of thioether (sulfide) groups is 2. The number of non-ortho nitro benzene ring substituents is 1. The highest BCUT2D eigenvalue weighted by molar-refractivity contribution is 8.00. The highest BCUT2D eigenvalue weighted by atomic mass is 35.5. The molecule has 1 aliphatic carbocycles. The third-order valence-corrected chi connectivity index (χ3v) is 8.50. The van der Waals surface area contributed by atoms with Crippen LogP contribution in [0.25, 0.3) is 10.2 Å². The Morgan fingerprint density at radius 2 is 2.00 bits per heavy atom. The molecule has 1 atom stereocenters. The fraction of sp³-hybridized carbons (Fsp3) is 0.333. The van der Waals surface area contributed by atoms with Crippen LogP contribution in [0.2, 0.25) is 0 Å². The van der Waals surface area contributed by atoms with E-state index in [1.807, 2.05) is 0 Å². The number of fused-ring (bicyclic) bond motifs is 3. The summed E-state index contributed by atoms with van der Waals surface area (Å²) >= 11 is 11.0. The monoisotopic (exact) mass is 453 g/mol. The van der Waals surface area contributed by atoms with Crippen molar-refractivity contribution in [3.63, 3.8) is 0 Å². The molecule has 3 aromatic rings. The average Bonchev–Trinajstić information content (AvgIpc) is 3.25. The number of nitro benzene ring substituents is 1. The highest BCUT2D eigenvalue weighted by Gasteiger charge is 2.21. The minimum Gasteiger partial charge on any atom is -0.301 e. The maximum Gasteiger partial charge on any atom is 0.269 e. The Labute approximate surface area is 178 Å². The van der Waals surface area contributed by atoms with Gasteiger partial charge in [0.05, 0.1) is 15.7 Å². The molecule has 10 heteroatoms. The molecule has 0 amide bonds. The Kier molecular flexibility index (Phi) is 5.96. The zero-order valence-corrected chi connectivity index (χ0v) is 17.8. The number of aryl methyl sites for hydroxylation is 2. The Balaban J connectivity index is 1.35. The number of aromatic amines is 1. The minimum atomic E-state index is -0.414. The van der Waals surface area contributed by atoms with Crippen LogP contribution in [-0.4, -0.2) is 31.8 Å². The first-order valence-electron chi connectivity index (χ1n) is 8.70. The maximum absolute atomic E-state index is 12.5. The van der Waals surface area contributed by atoms with E-state index >= 15 is 0 Å². The number of benzene rings is 1. The van der Waals surface area contributed by atoms with Gasteiger partial charge in [0.15, 0.2) is 5.16 Å². The molecular formula is C18H16ClN3O3S3. The molecule has 6 nitrogen and oxygen atoms in total. The second-order valence-electron chi connectivity index (χ2n) is 6.38. The summed E-state index contributed by atoms with van der Waals surface area (Å²) in [6.45, 7) is 0. The van der Waals surface area contributed by atoms with Gasteiger partial charge in [0, 0.05) is 33.4 Å². The van der Waals surface area contributed by atoms with E-state index in [2.05, 4.69) is 9.97 Å². The summed E-state index contributed by atoms with van der Waals surface area (Å²) in [7, 11) is 0. The van der Waals surface area contributed by atoms with Crippen LogP contribution >= 0.6 is 46.5 Å². The van der Waals surface area contributed by atoms with Gasteiger partial charge in [-0.15, -0.1) is 34.7 Å². The second kappa shape index (κ2) is 8.44. The predicted octanol–water partition coefficient (Wildman–Crippen LogP) is 4.87. The zero-order chi connectivity index (χ0) is 19.7. The van der Waals surface area contributed by atoms with E-state index in [1.54, 1.807) is 35.2 Å². The highest BCUT2D eigenvalue weighted by Crippen LogP contribution is 2.35. The van der Waals surface area contributed by atoms with Crippen molar-refractivity contribution in [2.45, 2.75) is 34.7 Å². The van der Waals surface area contributed by atoms with E-state index in [9.17, 15) is 14.9 Å². The summed E-state index contributed by atoms with van der Waals surface area (Å²) in [6.07, 6.45) is 3.13. The van der Waals surface area contributed by atoms with E-state index in [4.69, 9.17) is 11.6 Å². The number of H-pyrrole nitrogens is 1. The molecule has 0 fully saturated rings. The maximum atomic E-state index is 12.5. The fourth-order valence-corrected chi connectivity index (χ4v) is 6.56. The van der Waals surface area contributed by atoms with Crippen molar-refractivity contribution in [1.29, 1.82) is 0 Å². The summed E-state index contributed by atoms with van der Waals surface area (Å²) in [5.74, 6) is 1.27. The van der Waals surface area contributed by atoms with Gasteiger partial charge in [-0.05, 0) is 37.0 Å². The number of nitrogens with one attached hydrogen (secondary N) is 1. The molecule has 0 spiro atoms. The molecule has 1 aliphatic rings. The second-order valence-corrected chi connectivity index (χ2v) is 10.2. The van der Waals surface area contributed by atoms with Crippen LogP contribution in [0.1, 0.15) is 16.9 Å².